The number of nitriles is 1. The summed E-state index contributed by atoms with van der Waals surface area (Å²) in [4.78, 5) is 43.2. The standard InChI is InChI=1S/C34H48N2O5/c1-29(2)12-14-34(28(40)41-9)15-13-32(5)25(21(34)18-29)22(37)16-24-30(3)17-20(19-35)26(38)33(6,27(39)36(7)8)23(30)10-11-31(24,32)4/h16-17,21,23,25-26,38H,10-15,18H2,1-9H3/t21?,23?,25?,26?,30-,31+,32+,33-,34-/m0/s1. The van der Waals surface area contributed by atoms with Gasteiger partial charge in [0, 0.05) is 25.4 Å². The van der Waals surface area contributed by atoms with Gasteiger partial charge in [-0.25, -0.2) is 0 Å². The van der Waals surface area contributed by atoms with E-state index >= 15 is 0 Å². The summed E-state index contributed by atoms with van der Waals surface area (Å²) in [6.45, 7) is 12.9. The predicted octanol–water partition coefficient (Wildman–Crippen LogP) is 5.24. The third-order valence-electron chi connectivity index (χ3n) is 13.2. The lowest BCUT2D eigenvalue weighted by molar-refractivity contribution is -0.192. The normalized spacial score (nSPS) is 46.3. The SMILES string of the molecule is COC(=O)[C@]12CCC(C)(C)CC1C1C(=O)C=C3[C@@]4(C)C=C(C#N)C(O)[C@@](C)(C(=O)N(C)C)C4CC[C@@]3(C)[C@]1(C)CC2. The molecule has 7 nitrogen and oxygen atoms in total. The van der Waals surface area contributed by atoms with Crippen LogP contribution >= 0.6 is 0 Å². The van der Waals surface area contributed by atoms with Gasteiger partial charge in [0.2, 0.25) is 5.91 Å². The summed E-state index contributed by atoms with van der Waals surface area (Å²) >= 11 is 0. The minimum atomic E-state index is -1.21. The third kappa shape index (κ3) is 3.61. The highest BCUT2D eigenvalue weighted by atomic mass is 16.5. The number of ether oxygens (including phenoxy) is 1. The van der Waals surface area contributed by atoms with Crippen LogP contribution in [0.15, 0.2) is 23.3 Å². The second kappa shape index (κ2) is 9.02. The molecule has 5 aliphatic carbocycles. The number of ketones is 1. The fourth-order valence-electron chi connectivity index (χ4n) is 10.8. The largest absolute Gasteiger partial charge is 0.469 e. The van der Waals surface area contributed by atoms with Crippen molar-refractivity contribution < 1.29 is 24.2 Å². The first-order valence-electron chi connectivity index (χ1n) is 15.3. The Balaban J connectivity index is 1.71. The molecule has 5 aliphatic rings. The van der Waals surface area contributed by atoms with E-state index in [1.807, 2.05) is 12.2 Å². The van der Waals surface area contributed by atoms with E-state index in [2.05, 4.69) is 40.7 Å². The van der Waals surface area contributed by atoms with Gasteiger partial charge in [-0.1, -0.05) is 46.3 Å². The molecule has 0 spiro atoms. The van der Waals surface area contributed by atoms with Crippen molar-refractivity contribution in [2.24, 2.45) is 50.2 Å². The first-order valence-corrected chi connectivity index (χ1v) is 15.3. The van der Waals surface area contributed by atoms with E-state index in [1.165, 1.54) is 12.0 Å². The van der Waals surface area contributed by atoms with Crippen molar-refractivity contribution in [3.63, 3.8) is 0 Å². The summed E-state index contributed by atoms with van der Waals surface area (Å²) in [7, 11) is 4.84. The number of carbonyl (C=O) groups is 3. The van der Waals surface area contributed by atoms with Crippen LogP contribution in [0.4, 0.5) is 0 Å². The Hall–Kier alpha value is -2.46. The molecule has 0 aromatic rings. The topological polar surface area (TPSA) is 108 Å². The lowest BCUT2D eigenvalue weighted by Crippen LogP contribution is -2.67. The number of carbonyl (C=O) groups excluding carboxylic acids is 3. The highest BCUT2D eigenvalue weighted by Crippen LogP contribution is 2.75. The van der Waals surface area contributed by atoms with Crippen LogP contribution in [0.25, 0.3) is 0 Å². The van der Waals surface area contributed by atoms with E-state index in [0.29, 0.717) is 12.8 Å². The molecule has 5 rings (SSSR count). The molecule has 3 saturated carbocycles. The van der Waals surface area contributed by atoms with E-state index in [-0.39, 0.29) is 51.8 Å². The second-order valence-corrected chi connectivity index (χ2v) is 15.8. The highest BCUT2D eigenvalue weighted by molar-refractivity contribution is 5.96. The van der Waals surface area contributed by atoms with Gasteiger partial charge in [0.15, 0.2) is 5.78 Å². The van der Waals surface area contributed by atoms with Gasteiger partial charge in [0.1, 0.15) is 6.10 Å². The van der Waals surface area contributed by atoms with Crippen molar-refractivity contribution in [3.05, 3.63) is 23.3 Å². The first-order chi connectivity index (χ1) is 18.9. The number of amides is 1. The molecule has 1 amide bonds. The van der Waals surface area contributed by atoms with Crippen molar-refractivity contribution >= 4 is 17.7 Å². The summed E-state index contributed by atoms with van der Waals surface area (Å²) in [5.74, 6) is -1.03. The van der Waals surface area contributed by atoms with Crippen LogP contribution in [0.1, 0.15) is 86.5 Å². The summed E-state index contributed by atoms with van der Waals surface area (Å²) in [6.07, 6.45) is 7.81. The van der Waals surface area contributed by atoms with Crippen LogP contribution in [0, 0.1) is 61.6 Å². The van der Waals surface area contributed by atoms with Crippen molar-refractivity contribution in [2.75, 3.05) is 21.2 Å². The van der Waals surface area contributed by atoms with Gasteiger partial charge in [0.05, 0.1) is 29.6 Å². The van der Waals surface area contributed by atoms with Gasteiger partial charge in [-0.05, 0) is 86.0 Å². The summed E-state index contributed by atoms with van der Waals surface area (Å²) in [5.41, 5.74) is -2.22. The van der Waals surface area contributed by atoms with Crippen LogP contribution in [0.5, 0.6) is 0 Å². The Labute approximate surface area is 245 Å². The quantitative estimate of drug-likeness (QED) is 0.460. The predicted molar refractivity (Wildman–Crippen MR) is 155 cm³/mol. The van der Waals surface area contributed by atoms with Gasteiger partial charge in [0.25, 0.3) is 0 Å². The Morgan fingerprint density at radius 1 is 1.05 bits per heavy atom. The number of aliphatic hydroxyl groups excluding tert-OH is 1. The van der Waals surface area contributed by atoms with Crippen LogP contribution < -0.4 is 0 Å². The minimum absolute atomic E-state index is 0.0214. The number of nitrogens with zero attached hydrogens (tertiary/aromatic N) is 2. The Morgan fingerprint density at radius 2 is 1.68 bits per heavy atom. The van der Waals surface area contributed by atoms with Crippen molar-refractivity contribution in [2.45, 2.75) is 92.6 Å². The van der Waals surface area contributed by atoms with E-state index in [1.54, 1.807) is 21.0 Å². The fourth-order valence-corrected chi connectivity index (χ4v) is 10.8. The molecule has 4 unspecified atom stereocenters. The molecule has 9 atom stereocenters. The second-order valence-electron chi connectivity index (χ2n) is 15.8. The third-order valence-corrected chi connectivity index (χ3v) is 13.2. The van der Waals surface area contributed by atoms with Crippen LogP contribution in [0.2, 0.25) is 0 Å². The summed E-state index contributed by atoms with van der Waals surface area (Å²) in [5, 5.41) is 21.5. The van der Waals surface area contributed by atoms with Gasteiger partial charge >= 0.3 is 5.97 Å². The maximum Gasteiger partial charge on any atom is 0.312 e. The number of aliphatic hydroxyl groups is 1. The monoisotopic (exact) mass is 564 g/mol. The minimum Gasteiger partial charge on any atom is -0.469 e. The van der Waals surface area contributed by atoms with Crippen LogP contribution in [-0.2, 0) is 19.1 Å². The average Bonchev–Trinajstić information content (AvgIpc) is 2.90. The smallest absolute Gasteiger partial charge is 0.312 e. The zero-order chi connectivity index (χ0) is 30.6. The molecule has 41 heavy (non-hydrogen) atoms. The number of rotatable bonds is 2. The molecular weight excluding hydrogens is 516 g/mol. The average molecular weight is 565 g/mol. The van der Waals surface area contributed by atoms with E-state index in [4.69, 9.17) is 4.74 Å². The van der Waals surface area contributed by atoms with Gasteiger partial charge in [-0.2, -0.15) is 5.26 Å². The molecule has 0 saturated heterocycles. The van der Waals surface area contributed by atoms with E-state index in [9.17, 15) is 24.8 Å². The number of hydrogen-bond donors (Lipinski definition) is 1. The lowest BCUT2D eigenvalue weighted by Gasteiger charge is -2.69. The first kappa shape index (κ1) is 30.0. The maximum absolute atomic E-state index is 14.5. The van der Waals surface area contributed by atoms with Crippen molar-refractivity contribution in [3.8, 4) is 6.07 Å². The fraction of sp³-hybridized carbons (Fsp3) is 0.765. The molecule has 0 radical (unpaired) electrons. The summed E-state index contributed by atoms with van der Waals surface area (Å²) in [6, 6.07) is 2.19. The lowest BCUT2D eigenvalue weighted by atomic mass is 9.34. The highest BCUT2D eigenvalue weighted by Gasteiger charge is 2.72. The van der Waals surface area contributed by atoms with Gasteiger partial charge in [-0.15, -0.1) is 0 Å². The molecule has 7 heteroatoms. The van der Waals surface area contributed by atoms with Crippen molar-refractivity contribution in [1.82, 2.24) is 4.90 Å². The summed E-state index contributed by atoms with van der Waals surface area (Å²) < 4.78 is 5.42. The number of hydrogen-bond acceptors (Lipinski definition) is 6. The van der Waals surface area contributed by atoms with Gasteiger partial charge in [-0.3, -0.25) is 14.4 Å². The molecule has 0 aliphatic heterocycles. The number of esters is 1. The number of allylic oxidation sites excluding steroid dienone is 3. The van der Waals surface area contributed by atoms with Crippen molar-refractivity contribution in [1.29, 1.82) is 5.26 Å². The molecule has 0 aromatic carbocycles. The molecule has 0 heterocycles. The zero-order valence-electron chi connectivity index (χ0n) is 26.4. The Bertz CT molecular complexity index is 1310. The molecular formula is C34H48N2O5. The molecule has 1 N–H and O–H groups in total. The molecule has 0 aromatic heterocycles. The number of fused-ring (bicyclic) bond motifs is 7. The van der Waals surface area contributed by atoms with Crippen LogP contribution in [0.3, 0.4) is 0 Å². The van der Waals surface area contributed by atoms with Gasteiger partial charge < -0.3 is 14.7 Å². The number of methoxy groups -OCH3 is 1. The zero-order valence-corrected chi connectivity index (χ0v) is 26.4. The molecule has 0 bridgehead atoms. The Kier molecular flexibility index (Phi) is 6.60. The Morgan fingerprint density at radius 3 is 2.27 bits per heavy atom. The van der Waals surface area contributed by atoms with Crippen LogP contribution in [-0.4, -0.2) is 55.0 Å². The molecule has 3 fully saturated rings. The van der Waals surface area contributed by atoms with E-state index in [0.717, 1.165) is 37.7 Å². The molecule has 224 valence electrons. The van der Waals surface area contributed by atoms with E-state index < -0.39 is 27.8 Å². The maximum atomic E-state index is 14.5.